The molecule has 122 valence electrons. The molecular weight excluding hydrogens is 306 g/mol. The number of anilines is 1. The van der Waals surface area contributed by atoms with Gasteiger partial charge in [0.15, 0.2) is 5.69 Å². The molecule has 1 aromatic rings. The Morgan fingerprint density at radius 2 is 2.09 bits per heavy atom. The Kier molecular flexibility index (Phi) is 5.36. The lowest BCUT2D eigenvalue weighted by Crippen LogP contribution is -2.44. The third-order valence-corrected chi connectivity index (χ3v) is 4.52. The molecule has 0 saturated heterocycles. The lowest BCUT2D eigenvalue weighted by molar-refractivity contribution is 0.0690. The third-order valence-electron chi connectivity index (χ3n) is 3.79. The van der Waals surface area contributed by atoms with Gasteiger partial charge in [0.1, 0.15) is 5.82 Å². The number of carboxylic acid groups (broad SMARTS) is 1. The van der Waals surface area contributed by atoms with Gasteiger partial charge in [0, 0.05) is 12.6 Å². The second-order valence-electron chi connectivity index (χ2n) is 5.64. The highest BCUT2D eigenvalue weighted by molar-refractivity contribution is 7.88. The van der Waals surface area contributed by atoms with Crippen molar-refractivity contribution in [1.82, 2.24) is 9.71 Å². The average Bonchev–Trinajstić information content (AvgIpc) is 2.45. The number of aromatic nitrogens is 1. The maximum atomic E-state index is 11.4. The van der Waals surface area contributed by atoms with Crippen LogP contribution in [0.3, 0.4) is 0 Å². The molecule has 1 saturated carbocycles. The van der Waals surface area contributed by atoms with E-state index in [1.807, 2.05) is 0 Å². The van der Waals surface area contributed by atoms with Gasteiger partial charge >= 0.3 is 5.97 Å². The van der Waals surface area contributed by atoms with Gasteiger partial charge < -0.3 is 10.4 Å². The van der Waals surface area contributed by atoms with Crippen LogP contribution in [0.4, 0.5) is 5.82 Å². The lowest BCUT2D eigenvalue weighted by Gasteiger charge is -2.31. The Balaban J connectivity index is 1.99. The monoisotopic (exact) mass is 327 g/mol. The number of aromatic carboxylic acids is 1. The highest BCUT2D eigenvalue weighted by atomic mass is 32.2. The molecule has 2 rings (SSSR count). The summed E-state index contributed by atoms with van der Waals surface area (Å²) in [6.45, 7) is 0.559. The summed E-state index contributed by atoms with van der Waals surface area (Å²) in [6, 6.07) is 4.68. The number of rotatable bonds is 6. The summed E-state index contributed by atoms with van der Waals surface area (Å²) >= 11 is 0. The van der Waals surface area contributed by atoms with E-state index in [4.69, 9.17) is 5.11 Å². The van der Waals surface area contributed by atoms with Crippen LogP contribution in [0.5, 0.6) is 0 Å². The van der Waals surface area contributed by atoms with Crippen LogP contribution in [0.25, 0.3) is 0 Å². The fourth-order valence-electron chi connectivity index (χ4n) is 2.77. The van der Waals surface area contributed by atoms with Crippen molar-refractivity contribution < 1.29 is 18.3 Å². The van der Waals surface area contributed by atoms with E-state index in [1.54, 1.807) is 12.1 Å². The molecule has 1 aromatic heterocycles. The standard InChI is InChI=1S/C14H21N3O4S/c1-22(20,21)17-11-6-3-2-5-10(11)9-15-13-8-4-7-12(16-13)14(18)19/h4,7-8,10-11,17H,2-3,5-6,9H2,1H3,(H,15,16)(H,18,19). The van der Waals surface area contributed by atoms with Gasteiger partial charge in [0.05, 0.1) is 6.26 Å². The number of pyridine rings is 1. The molecule has 8 heteroatoms. The van der Waals surface area contributed by atoms with Crippen molar-refractivity contribution in [1.29, 1.82) is 0 Å². The van der Waals surface area contributed by atoms with Crippen LogP contribution in [-0.4, -0.2) is 43.3 Å². The Morgan fingerprint density at radius 3 is 2.77 bits per heavy atom. The molecule has 0 radical (unpaired) electrons. The number of hydrogen-bond acceptors (Lipinski definition) is 5. The first kappa shape index (κ1) is 16.7. The molecule has 2 atom stereocenters. The summed E-state index contributed by atoms with van der Waals surface area (Å²) in [4.78, 5) is 14.9. The molecule has 0 aliphatic heterocycles. The van der Waals surface area contributed by atoms with Gasteiger partial charge in [0.25, 0.3) is 0 Å². The maximum absolute atomic E-state index is 11.4. The van der Waals surface area contributed by atoms with Crippen molar-refractivity contribution in [2.45, 2.75) is 31.7 Å². The highest BCUT2D eigenvalue weighted by Gasteiger charge is 2.27. The Labute approximate surface area is 130 Å². The third kappa shape index (κ3) is 4.96. The molecule has 0 spiro atoms. The second kappa shape index (κ2) is 7.06. The molecule has 3 N–H and O–H groups in total. The van der Waals surface area contributed by atoms with Gasteiger partial charge in [-0.05, 0) is 30.9 Å². The molecule has 1 heterocycles. The van der Waals surface area contributed by atoms with Crippen LogP contribution in [0.2, 0.25) is 0 Å². The van der Waals surface area contributed by atoms with E-state index in [0.717, 1.165) is 25.7 Å². The molecule has 2 unspecified atom stereocenters. The van der Waals surface area contributed by atoms with E-state index in [-0.39, 0.29) is 17.7 Å². The van der Waals surface area contributed by atoms with Crippen LogP contribution in [0.15, 0.2) is 18.2 Å². The molecule has 1 aliphatic carbocycles. The lowest BCUT2D eigenvalue weighted by atomic mass is 9.85. The zero-order chi connectivity index (χ0) is 16.2. The normalized spacial score (nSPS) is 22.2. The number of nitrogens with zero attached hydrogens (tertiary/aromatic N) is 1. The van der Waals surface area contributed by atoms with Crippen LogP contribution in [0, 0.1) is 5.92 Å². The first-order chi connectivity index (χ1) is 10.3. The number of hydrogen-bond donors (Lipinski definition) is 3. The van der Waals surface area contributed by atoms with E-state index in [9.17, 15) is 13.2 Å². The topological polar surface area (TPSA) is 108 Å². The van der Waals surface area contributed by atoms with Gasteiger partial charge in [-0.3, -0.25) is 0 Å². The summed E-state index contributed by atoms with van der Waals surface area (Å²) in [6.07, 6.45) is 5.00. The van der Waals surface area contributed by atoms with Crippen LogP contribution >= 0.6 is 0 Å². The molecule has 0 bridgehead atoms. The number of carbonyl (C=O) groups is 1. The van der Waals surface area contributed by atoms with E-state index < -0.39 is 16.0 Å². The fourth-order valence-corrected chi connectivity index (χ4v) is 3.63. The van der Waals surface area contributed by atoms with E-state index >= 15 is 0 Å². The van der Waals surface area contributed by atoms with Gasteiger partial charge in [-0.25, -0.2) is 22.9 Å². The number of nitrogens with one attached hydrogen (secondary N) is 2. The first-order valence-electron chi connectivity index (χ1n) is 7.26. The largest absolute Gasteiger partial charge is 0.477 e. The van der Waals surface area contributed by atoms with Gasteiger partial charge in [-0.15, -0.1) is 0 Å². The van der Waals surface area contributed by atoms with E-state index in [2.05, 4.69) is 15.0 Å². The summed E-state index contributed by atoms with van der Waals surface area (Å²) in [5.41, 5.74) is -0.0144. The minimum Gasteiger partial charge on any atom is -0.477 e. The molecule has 1 aliphatic rings. The van der Waals surface area contributed by atoms with Crippen molar-refractivity contribution in [3.63, 3.8) is 0 Å². The molecule has 0 aromatic carbocycles. The fraction of sp³-hybridized carbons (Fsp3) is 0.571. The summed E-state index contributed by atoms with van der Waals surface area (Å²) in [5.74, 6) is -0.416. The van der Waals surface area contributed by atoms with Crippen molar-refractivity contribution in [2.24, 2.45) is 5.92 Å². The Bertz CT molecular complexity index is 633. The molecular formula is C14H21N3O4S. The molecule has 0 amide bonds. The van der Waals surface area contributed by atoms with Crippen molar-refractivity contribution in [2.75, 3.05) is 18.1 Å². The molecule has 7 nitrogen and oxygen atoms in total. The predicted molar refractivity (Wildman–Crippen MR) is 83.4 cm³/mol. The van der Waals surface area contributed by atoms with Crippen molar-refractivity contribution >= 4 is 21.8 Å². The minimum atomic E-state index is -3.23. The summed E-state index contributed by atoms with van der Waals surface area (Å²) in [5, 5.41) is 12.0. The first-order valence-corrected chi connectivity index (χ1v) is 9.16. The quantitative estimate of drug-likeness (QED) is 0.727. The number of carboxylic acids is 1. The second-order valence-corrected chi connectivity index (χ2v) is 7.42. The van der Waals surface area contributed by atoms with E-state index in [0.29, 0.717) is 12.4 Å². The summed E-state index contributed by atoms with van der Waals surface area (Å²) in [7, 11) is -3.23. The van der Waals surface area contributed by atoms with Crippen LogP contribution in [-0.2, 0) is 10.0 Å². The van der Waals surface area contributed by atoms with Crippen LogP contribution in [0.1, 0.15) is 36.2 Å². The van der Waals surface area contributed by atoms with Crippen molar-refractivity contribution in [3.8, 4) is 0 Å². The average molecular weight is 327 g/mol. The zero-order valence-corrected chi connectivity index (χ0v) is 13.3. The Hall–Kier alpha value is -1.67. The SMILES string of the molecule is CS(=O)(=O)NC1CCCCC1CNc1cccc(C(=O)O)n1. The number of sulfonamides is 1. The minimum absolute atomic E-state index is 0.0144. The van der Waals surface area contributed by atoms with Crippen molar-refractivity contribution in [3.05, 3.63) is 23.9 Å². The molecule has 22 heavy (non-hydrogen) atoms. The Morgan fingerprint density at radius 1 is 1.36 bits per heavy atom. The summed E-state index contributed by atoms with van der Waals surface area (Å²) < 4.78 is 25.6. The smallest absolute Gasteiger partial charge is 0.354 e. The van der Waals surface area contributed by atoms with Crippen LogP contribution < -0.4 is 10.0 Å². The zero-order valence-electron chi connectivity index (χ0n) is 12.4. The highest BCUT2D eigenvalue weighted by Crippen LogP contribution is 2.25. The van der Waals surface area contributed by atoms with E-state index in [1.165, 1.54) is 12.3 Å². The van der Waals surface area contributed by atoms with Gasteiger partial charge in [-0.2, -0.15) is 0 Å². The maximum Gasteiger partial charge on any atom is 0.354 e. The van der Waals surface area contributed by atoms with Gasteiger partial charge in [0.2, 0.25) is 10.0 Å². The molecule has 1 fully saturated rings. The predicted octanol–water partition coefficient (Wildman–Crippen LogP) is 1.30. The van der Waals surface area contributed by atoms with Gasteiger partial charge in [-0.1, -0.05) is 18.9 Å².